The van der Waals surface area contributed by atoms with E-state index < -0.39 is 5.69 Å². The van der Waals surface area contributed by atoms with Crippen molar-refractivity contribution in [2.75, 3.05) is 0 Å². The Labute approximate surface area is 123 Å². The van der Waals surface area contributed by atoms with Crippen LogP contribution in [0.4, 0.5) is 0 Å². The Morgan fingerprint density at radius 3 is 2.52 bits per heavy atom. The van der Waals surface area contributed by atoms with Gasteiger partial charge in [0.15, 0.2) is 11.2 Å². The second-order valence-electron chi connectivity index (χ2n) is 5.25. The Balaban J connectivity index is 2.70. The molecule has 0 fully saturated rings. The summed E-state index contributed by atoms with van der Waals surface area (Å²) in [7, 11) is 3.28. The standard InChI is InChI=1S/C15H22N4O2/c1-5-7-9-10(8-6-2)13-16-12-11(18(13)3)14(20)19(4)15(21)17-12/h9H,5-8H2,1-4H3,(H,17,21)/b10-9-. The van der Waals surface area contributed by atoms with E-state index in [9.17, 15) is 9.59 Å². The normalized spacial score (nSPS) is 12.3. The molecule has 0 atom stereocenters. The van der Waals surface area contributed by atoms with Crippen molar-refractivity contribution in [2.45, 2.75) is 39.5 Å². The van der Waals surface area contributed by atoms with Crippen molar-refractivity contribution in [3.63, 3.8) is 0 Å². The lowest BCUT2D eigenvalue weighted by molar-refractivity contribution is 0.781. The number of nitrogens with one attached hydrogen (secondary N) is 1. The first-order valence-electron chi connectivity index (χ1n) is 7.36. The van der Waals surface area contributed by atoms with E-state index in [0.717, 1.165) is 41.6 Å². The SMILES string of the molecule is CCC/C=C(/CCC)c1nc2[nH]c(=O)n(C)c(=O)c2n1C. The fourth-order valence-electron chi connectivity index (χ4n) is 2.45. The molecule has 1 N–H and O–H groups in total. The average molecular weight is 290 g/mol. The van der Waals surface area contributed by atoms with Gasteiger partial charge in [0.25, 0.3) is 5.56 Å². The molecule has 6 nitrogen and oxygen atoms in total. The molecule has 0 saturated carbocycles. The number of unbranched alkanes of at least 4 members (excludes halogenated alkanes) is 1. The third-order valence-corrected chi connectivity index (χ3v) is 3.62. The van der Waals surface area contributed by atoms with Crippen LogP contribution in [0.1, 0.15) is 45.4 Å². The van der Waals surface area contributed by atoms with Crippen LogP contribution >= 0.6 is 0 Å². The first-order chi connectivity index (χ1) is 10.0. The molecule has 21 heavy (non-hydrogen) atoms. The zero-order chi connectivity index (χ0) is 15.6. The number of fused-ring (bicyclic) bond motifs is 1. The Morgan fingerprint density at radius 2 is 1.90 bits per heavy atom. The third kappa shape index (κ3) is 2.70. The van der Waals surface area contributed by atoms with Crippen molar-refractivity contribution in [3.05, 3.63) is 32.7 Å². The highest BCUT2D eigenvalue weighted by Gasteiger charge is 2.16. The third-order valence-electron chi connectivity index (χ3n) is 3.62. The molecular weight excluding hydrogens is 268 g/mol. The first kappa shape index (κ1) is 15.3. The summed E-state index contributed by atoms with van der Waals surface area (Å²) in [6, 6.07) is 0. The lowest BCUT2D eigenvalue weighted by Crippen LogP contribution is -2.33. The molecule has 0 aromatic carbocycles. The van der Waals surface area contributed by atoms with Gasteiger partial charge in [-0.1, -0.05) is 32.8 Å². The summed E-state index contributed by atoms with van der Waals surface area (Å²) in [5.74, 6) is 0.763. The van der Waals surface area contributed by atoms with Crippen LogP contribution in [-0.4, -0.2) is 19.1 Å². The van der Waals surface area contributed by atoms with E-state index in [-0.39, 0.29) is 5.56 Å². The van der Waals surface area contributed by atoms with Crippen LogP contribution in [0.5, 0.6) is 0 Å². The molecule has 0 saturated heterocycles. The molecule has 0 aliphatic rings. The summed E-state index contributed by atoms with van der Waals surface area (Å²) in [6.45, 7) is 4.24. The average Bonchev–Trinajstić information content (AvgIpc) is 2.78. The molecule has 0 aliphatic heterocycles. The predicted octanol–water partition coefficient (Wildman–Crippen LogP) is 1.94. The van der Waals surface area contributed by atoms with Crippen LogP contribution in [0.3, 0.4) is 0 Å². The minimum absolute atomic E-state index is 0.318. The van der Waals surface area contributed by atoms with Crippen LogP contribution in [0.15, 0.2) is 15.7 Å². The van der Waals surface area contributed by atoms with Gasteiger partial charge in [-0.05, 0) is 18.4 Å². The summed E-state index contributed by atoms with van der Waals surface area (Å²) in [5.41, 5.74) is 1.17. The lowest BCUT2D eigenvalue weighted by Gasteiger charge is -2.06. The first-order valence-corrected chi connectivity index (χ1v) is 7.36. The Morgan fingerprint density at radius 1 is 1.19 bits per heavy atom. The largest absolute Gasteiger partial charge is 0.329 e. The van der Waals surface area contributed by atoms with Crippen molar-refractivity contribution in [3.8, 4) is 0 Å². The molecule has 114 valence electrons. The van der Waals surface area contributed by atoms with Crippen LogP contribution in [0.25, 0.3) is 16.7 Å². The highest BCUT2D eigenvalue weighted by Crippen LogP contribution is 2.21. The summed E-state index contributed by atoms with van der Waals surface area (Å²) in [4.78, 5) is 31.1. The predicted molar refractivity (Wildman–Crippen MR) is 84.4 cm³/mol. The maximum Gasteiger partial charge on any atom is 0.329 e. The zero-order valence-corrected chi connectivity index (χ0v) is 13.1. The van der Waals surface area contributed by atoms with Gasteiger partial charge in [-0.15, -0.1) is 0 Å². The van der Waals surface area contributed by atoms with Crippen LogP contribution in [0, 0.1) is 0 Å². The molecule has 2 rings (SSSR count). The maximum absolute atomic E-state index is 12.2. The molecule has 6 heteroatoms. The van der Waals surface area contributed by atoms with Gasteiger partial charge in [-0.2, -0.15) is 0 Å². The second kappa shape index (κ2) is 6.11. The number of imidazole rings is 1. The molecule has 0 aliphatic carbocycles. The topological polar surface area (TPSA) is 72.7 Å². The number of aryl methyl sites for hydroxylation is 1. The number of hydrogen-bond donors (Lipinski definition) is 1. The van der Waals surface area contributed by atoms with Crippen molar-refractivity contribution >= 4 is 16.7 Å². The number of rotatable bonds is 5. The number of hydrogen-bond acceptors (Lipinski definition) is 3. The maximum atomic E-state index is 12.2. The summed E-state index contributed by atoms with van der Waals surface area (Å²) in [6.07, 6.45) is 6.13. The van der Waals surface area contributed by atoms with Gasteiger partial charge in [0.1, 0.15) is 5.82 Å². The second-order valence-corrected chi connectivity index (χ2v) is 5.25. The summed E-state index contributed by atoms with van der Waals surface area (Å²) < 4.78 is 2.85. The molecule has 0 radical (unpaired) electrons. The number of nitrogens with zero attached hydrogens (tertiary/aromatic N) is 3. The fourth-order valence-corrected chi connectivity index (χ4v) is 2.45. The summed E-state index contributed by atoms with van der Waals surface area (Å²) in [5, 5.41) is 0. The van der Waals surface area contributed by atoms with E-state index in [1.807, 2.05) is 7.05 Å². The Bertz CT molecular complexity index is 792. The summed E-state index contributed by atoms with van der Waals surface area (Å²) >= 11 is 0. The fraction of sp³-hybridized carbons (Fsp3) is 0.533. The van der Waals surface area contributed by atoms with E-state index in [0.29, 0.717) is 11.2 Å². The molecule has 0 unspecified atom stereocenters. The smallest absolute Gasteiger partial charge is 0.322 e. The van der Waals surface area contributed by atoms with Crippen molar-refractivity contribution in [2.24, 2.45) is 14.1 Å². The molecule has 0 bridgehead atoms. The van der Waals surface area contributed by atoms with E-state index >= 15 is 0 Å². The van der Waals surface area contributed by atoms with E-state index in [1.165, 1.54) is 7.05 Å². The van der Waals surface area contributed by atoms with Crippen molar-refractivity contribution in [1.29, 1.82) is 0 Å². The van der Waals surface area contributed by atoms with Crippen molar-refractivity contribution < 1.29 is 0 Å². The van der Waals surface area contributed by atoms with Gasteiger partial charge in [0, 0.05) is 14.1 Å². The molecular formula is C15H22N4O2. The van der Waals surface area contributed by atoms with Gasteiger partial charge < -0.3 is 4.57 Å². The molecule has 2 aromatic heterocycles. The van der Waals surface area contributed by atoms with Crippen LogP contribution in [-0.2, 0) is 14.1 Å². The molecule has 0 spiro atoms. The highest BCUT2D eigenvalue weighted by molar-refractivity contribution is 5.75. The zero-order valence-electron chi connectivity index (χ0n) is 13.1. The number of allylic oxidation sites excluding steroid dienone is 2. The molecule has 2 heterocycles. The van der Waals surface area contributed by atoms with Gasteiger partial charge in [0.05, 0.1) is 0 Å². The van der Waals surface area contributed by atoms with Gasteiger partial charge >= 0.3 is 5.69 Å². The van der Waals surface area contributed by atoms with Gasteiger partial charge in [0.2, 0.25) is 0 Å². The monoisotopic (exact) mass is 290 g/mol. The van der Waals surface area contributed by atoms with E-state index in [2.05, 4.69) is 29.9 Å². The minimum Gasteiger partial charge on any atom is -0.322 e. The van der Waals surface area contributed by atoms with Crippen LogP contribution < -0.4 is 11.2 Å². The van der Waals surface area contributed by atoms with Crippen LogP contribution in [0.2, 0.25) is 0 Å². The van der Waals surface area contributed by atoms with E-state index in [4.69, 9.17) is 0 Å². The Hall–Kier alpha value is -2.11. The van der Waals surface area contributed by atoms with Gasteiger partial charge in [-0.3, -0.25) is 14.3 Å². The number of aromatic amines is 1. The minimum atomic E-state index is -0.438. The lowest BCUT2D eigenvalue weighted by atomic mass is 10.1. The molecule has 0 amide bonds. The number of H-pyrrole nitrogens is 1. The number of aromatic nitrogens is 4. The quantitative estimate of drug-likeness (QED) is 0.914. The Kier molecular flexibility index (Phi) is 4.45. The highest BCUT2D eigenvalue weighted by atomic mass is 16.2. The van der Waals surface area contributed by atoms with E-state index in [1.54, 1.807) is 4.57 Å². The van der Waals surface area contributed by atoms with Crippen molar-refractivity contribution in [1.82, 2.24) is 19.1 Å². The van der Waals surface area contributed by atoms with Gasteiger partial charge in [-0.25, -0.2) is 9.78 Å². The molecule has 2 aromatic rings.